The number of carbonyl (C=O) groups is 1. The first kappa shape index (κ1) is 21.1. The Bertz CT molecular complexity index is 733. The van der Waals surface area contributed by atoms with Crippen molar-refractivity contribution in [1.82, 2.24) is 5.32 Å². The van der Waals surface area contributed by atoms with Gasteiger partial charge >= 0.3 is 5.97 Å². The fourth-order valence-electron chi connectivity index (χ4n) is 2.65. The monoisotopic (exact) mass is 389 g/mol. The summed E-state index contributed by atoms with van der Waals surface area (Å²) in [5.41, 5.74) is 3.14. The van der Waals surface area contributed by atoms with Crippen LogP contribution in [0.2, 0.25) is 0 Å². The molecule has 0 saturated carbocycles. The van der Waals surface area contributed by atoms with E-state index in [0.717, 1.165) is 16.9 Å². The maximum absolute atomic E-state index is 11.4. The predicted molar refractivity (Wildman–Crippen MR) is 110 cm³/mol. The van der Waals surface area contributed by atoms with Crippen LogP contribution < -0.4 is 14.8 Å². The molecule has 2 aromatic rings. The summed E-state index contributed by atoms with van der Waals surface area (Å²) in [6.07, 6.45) is 2.54. The maximum Gasteiger partial charge on any atom is 0.320 e. The van der Waals surface area contributed by atoms with Crippen LogP contribution in [0.4, 0.5) is 0 Å². The van der Waals surface area contributed by atoms with Gasteiger partial charge in [0.1, 0.15) is 12.6 Å². The molecule has 0 aliphatic carbocycles. The molecule has 1 unspecified atom stereocenters. The molecule has 2 rings (SSSR count). The number of para-hydroxylation sites is 1. The van der Waals surface area contributed by atoms with Crippen LogP contribution in [-0.4, -0.2) is 36.2 Å². The summed E-state index contributed by atoms with van der Waals surface area (Å²) in [6, 6.07) is 13.2. The molecule has 2 aromatic carbocycles. The maximum atomic E-state index is 11.4. The molecule has 0 amide bonds. The van der Waals surface area contributed by atoms with Crippen LogP contribution in [0.5, 0.6) is 11.5 Å². The van der Waals surface area contributed by atoms with E-state index in [2.05, 4.69) is 5.32 Å². The number of rotatable bonds is 11. The second kappa shape index (κ2) is 10.8. The van der Waals surface area contributed by atoms with Crippen molar-refractivity contribution in [3.05, 3.63) is 59.2 Å². The zero-order valence-corrected chi connectivity index (χ0v) is 16.8. The molecule has 0 bridgehead atoms. The molecule has 146 valence electrons. The number of carboxylic acids is 1. The summed E-state index contributed by atoms with van der Waals surface area (Å²) in [7, 11) is 1.60. The van der Waals surface area contributed by atoms with E-state index in [1.165, 1.54) is 5.56 Å². The average Bonchev–Trinajstić information content (AvgIpc) is 2.67. The number of aliphatic carboxylic acids is 1. The zero-order chi connectivity index (χ0) is 19.6. The van der Waals surface area contributed by atoms with Crippen LogP contribution in [-0.2, 0) is 17.9 Å². The number of hydrogen-bond acceptors (Lipinski definition) is 5. The van der Waals surface area contributed by atoms with E-state index in [-0.39, 0.29) is 0 Å². The molecule has 0 heterocycles. The van der Waals surface area contributed by atoms with Crippen LogP contribution in [0.1, 0.15) is 23.1 Å². The molecule has 0 aliphatic rings. The quantitative estimate of drug-likeness (QED) is 0.608. The van der Waals surface area contributed by atoms with Crippen molar-refractivity contribution >= 4 is 17.7 Å². The van der Waals surface area contributed by atoms with Gasteiger partial charge in [-0.15, -0.1) is 0 Å². The van der Waals surface area contributed by atoms with Crippen molar-refractivity contribution in [3.8, 4) is 11.5 Å². The van der Waals surface area contributed by atoms with Gasteiger partial charge in [0.05, 0.1) is 7.11 Å². The van der Waals surface area contributed by atoms with Gasteiger partial charge in [0.25, 0.3) is 0 Å². The lowest BCUT2D eigenvalue weighted by molar-refractivity contribution is -0.139. The van der Waals surface area contributed by atoms with Gasteiger partial charge in [-0.2, -0.15) is 11.8 Å². The van der Waals surface area contributed by atoms with E-state index in [0.29, 0.717) is 31.1 Å². The van der Waals surface area contributed by atoms with Crippen LogP contribution in [0, 0.1) is 6.92 Å². The van der Waals surface area contributed by atoms with Crippen LogP contribution in [0.15, 0.2) is 42.5 Å². The molecule has 0 radical (unpaired) electrons. The Kier molecular flexibility index (Phi) is 8.48. The van der Waals surface area contributed by atoms with Gasteiger partial charge in [-0.25, -0.2) is 0 Å². The summed E-state index contributed by atoms with van der Waals surface area (Å²) in [5, 5.41) is 12.5. The molecule has 0 saturated heterocycles. The Morgan fingerprint density at radius 2 is 1.96 bits per heavy atom. The van der Waals surface area contributed by atoms with E-state index in [1.807, 2.05) is 55.6 Å². The molecular formula is C21H27NO4S. The minimum atomic E-state index is -0.839. The Morgan fingerprint density at radius 1 is 1.22 bits per heavy atom. The SMILES string of the molecule is COc1cccc(CNC(CCSC)C(=O)O)c1OCc1ccc(C)cc1. The summed E-state index contributed by atoms with van der Waals surface area (Å²) >= 11 is 1.64. The molecule has 6 heteroatoms. The minimum absolute atomic E-state index is 0.395. The van der Waals surface area contributed by atoms with E-state index >= 15 is 0 Å². The summed E-state index contributed by atoms with van der Waals surface area (Å²) in [4.78, 5) is 11.4. The van der Waals surface area contributed by atoms with Gasteiger partial charge in [0.15, 0.2) is 11.5 Å². The van der Waals surface area contributed by atoms with E-state index < -0.39 is 12.0 Å². The van der Waals surface area contributed by atoms with Crippen molar-refractivity contribution in [2.75, 3.05) is 19.1 Å². The highest BCUT2D eigenvalue weighted by Gasteiger charge is 2.18. The third-order valence-electron chi connectivity index (χ3n) is 4.23. The van der Waals surface area contributed by atoms with Gasteiger partial charge in [-0.1, -0.05) is 42.0 Å². The lowest BCUT2D eigenvalue weighted by atomic mass is 10.1. The lowest BCUT2D eigenvalue weighted by Crippen LogP contribution is -2.36. The molecule has 0 aromatic heterocycles. The first-order valence-electron chi connectivity index (χ1n) is 8.84. The number of benzene rings is 2. The summed E-state index contributed by atoms with van der Waals surface area (Å²) in [6.45, 7) is 2.86. The number of thioether (sulfide) groups is 1. The van der Waals surface area contributed by atoms with E-state index in [4.69, 9.17) is 9.47 Å². The van der Waals surface area contributed by atoms with Crippen LogP contribution >= 0.6 is 11.8 Å². The third kappa shape index (κ3) is 6.48. The van der Waals surface area contributed by atoms with Gasteiger partial charge in [-0.05, 0) is 37.0 Å². The number of aryl methyl sites for hydroxylation is 1. The fourth-order valence-corrected chi connectivity index (χ4v) is 3.12. The minimum Gasteiger partial charge on any atom is -0.493 e. The molecule has 1 atom stereocenters. The standard InChI is InChI=1S/C21H27NO4S/c1-15-7-9-16(10-8-15)14-26-20-17(5-4-6-19(20)25-2)13-22-18(21(23)24)11-12-27-3/h4-10,18,22H,11-14H2,1-3H3,(H,23,24). The van der Waals surface area contributed by atoms with Gasteiger partial charge in [-0.3, -0.25) is 4.79 Å². The predicted octanol–water partition coefficient (Wildman–Crippen LogP) is 3.88. The summed E-state index contributed by atoms with van der Waals surface area (Å²) in [5.74, 6) is 1.23. The largest absolute Gasteiger partial charge is 0.493 e. The topological polar surface area (TPSA) is 67.8 Å². The van der Waals surface area contributed by atoms with Crippen molar-refractivity contribution < 1.29 is 19.4 Å². The molecule has 2 N–H and O–H groups in total. The van der Waals surface area contributed by atoms with Gasteiger partial charge < -0.3 is 19.9 Å². The fraction of sp³-hybridized carbons (Fsp3) is 0.381. The van der Waals surface area contributed by atoms with E-state index in [9.17, 15) is 9.90 Å². The molecule has 0 fully saturated rings. The number of methoxy groups -OCH3 is 1. The molecule has 0 aliphatic heterocycles. The Hall–Kier alpha value is -2.18. The van der Waals surface area contributed by atoms with Gasteiger partial charge in [0.2, 0.25) is 0 Å². The first-order valence-corrected chi connectivity index (χ1v) is 10.2. The molecule has 0 spiro atoms. The lowest BCUT2D eigenvalue weighted by Gasteiger charge is -2.18. The molecule has 5 nitrogen and oxygen atoms in total. The highest BCUT2D eigenvalue weighted by atomic mass is 32.2. The van der Waals surface area contributed by atoms with Crippen molar-refractivity contribution in [3.63, 3.8) is 0 Å². The first-order chi connectivity index (χ1) is 13.0. The number of hydrogen-bond donors (Lipinski definition) is 2. The highest BCUT2D eigenvalue weighted by molar-refractivity contribution is 7.98. The van der Waals surface area contributed by atoms with Crippen molar-refractivity contribution in [2.45, 2.75) is 32.5 Å². The Labute approximate surface area is 165 Å². The van der Waals surface area contributed by atoms with Crippen LogP contribution in [0.25, 0.3) is 0 Å². The van der Waals surface area contributed by atoms with Gasteiger partial charge in [0, 0.05) is 12.1 Å². The van der Waals surface area contributed by atoms with Crippen molar-refractivity contribution in [1.29, 1.82) is 0 Å². The number of ether oxygens (including phenoxy) is 2. The smallest absolute Gasteiger partial charge is 0.320 e. The second-order valence-corrected chi connectivity index (χ2v) is 7.26. The summed E-state index contributed by atoms with van der Waals surface area (Å²) < 4.78 is 11.5. The van der Waals surface area contributed by atoms with E-state index in [1.54, 1.807) is 18.9 Å². The normalized spacial score (nSPS) is 11.8. The number of nitrogens with one attached hydrogen (secondary N) is 1. The average molecular weight is 390 g/mol. The molecule has 27 heavy (non-hydrogen) atoms. The molecular weight excluding hydrogens is 362 g/mol. The highest BCUT2D eigenvalue weighted by Crippen LogP contribution is 2.32. The van der Waals surface area contributed by atoms with Crippen molar-refractivity contribution in [2.24, 2.45) is 0 Å². The third-order valence-corrected chi connectivity index (χ3v) is 4.88. The Morgan fingerprint density at radius 3 is 2.59 bits per heavy atom. The number of carboxylic acid groups (broad SMARTS) is 1. The Balaban J connectivity index is 2.11. The zero-order valence-electron chi connectivity index (χ0n) is 16.0. The van der Waals surface area contributed by atoms with Crippen LogP contribution in [0.3, 0.4) is 0 Å². The second-order valence-electron chi connectivity index (χ2n) is 6.28.